The van der Waals surface area contributed by atoms with Crippen molar-refractivity contribution in [2.75, 3.05) is 0 Å². The second-order valence-electron chi connectivity index (χ2n) is 4.24. The minimum Gasteiger partial charge on any atom is -0.408 e. The molecular weight excluding hydrogens is 175 g/mol. The molecule has 3 heteroatoms. The third-order valence-electron chi connectivity index (χ3n) is 3.13. The average molecular weight is 198 g/mol. The van der Waals surface area contributed by atoms with Gasteiger partial charge in [-0.2, -0.15) is 0 Å². The van der Waals surface area contributed by atoms with E-state index in [4.69, 9.17) is 9.31 Å². The van der Waals surface area contributed by atoms with Crippen molar-refractivity contribution < 1.29 is 9.31 Å². The van der Waals surface area contributed by atoms with Gasteiger partial charge in [-0.1, -0.05) is 34.1 Å². The van der Waals surface area contributed by atoms with Crippen LogP contribution in [-0.4, -0.2) is 19.3 Å². The molecule has 1 aliphatic heterocycles. The van der Waals surface area contributed by atoms with E-state index in [9.17, 15) is 0 Å². The highest BCUT2D eigenvalue weighted by atomic mass is 16.6. The topological polar surface area (TPSA) is 18.5 Å². The lowest BCUT2D eigenvalue weighted by molar-refractivity contribution is -0.0368. The third-order valence-corrected chi connectivity index (χ3v) is 3.13. The van der Waals surface area contributed by atoms with Crippen LogP contribution in [0, 0.1) is 5.92 Å². The zero-order chi connectivity index (χ0) is 10.6. The molecule has 2 nitrogen and oxygen atoms in total. The van der Waals surface area contributed by atoms with Crippen LogP contribution in [0.3, 0.4) is 0 Å². The molecule has 0 amide bonds. The Bertz CT molecular complexity index is 163. The molecule has 14 heavy (non-hydrogen) atoms. The van der Waals surface area contributed by atoms with E-state index in [-0.39, 0.29) is 7.12 Å². The Hall–Kier alpha value is -0.0151. The SMILES string of the molecule is CCCC1OB(CC)OC(CC)C1C. The highest BCUT2D eigenvalue weighted by Crippen LogP contribution is 2.28. The van der Waals surface area contributed by atoms with Gasteiger partial charge in [-0.3, -0.25) is 0 Å². The molecule has 0 aliphatic carbocycles. The summed E-state index contributed by atoms with van der Waals surface area (Å²) in [4.78, 5) is 0. The van der Waals surface area contributed by atoms with Crippen molar-refractivity contribution in [3.8, 4) is 0 Å². The van der Waals surface area contributed by atoms with Gasteiger partial charge >= 0.3 is 7.12 Å². The van der Waals surface area contributed by atoms with Gasteiger partial charge in [-0.25, -0.2) is 0 Å². The fourth-order valence-electron chi connectivity index (χ4n) is 2.19. The van der Waals surface area contributed by atoms with Crippen molar-refractivity contribution in [3.63, 3.8) is 0 Å². The maximum atomic E-state index is 5.90. The van der Waals surface area contributed by atoms with Gasteiger partial charge in [0.25, 0.3) is 0 Å². The molecule has 1 rings (SSSR count). The van der Waals surface area contributed by atoms with Crippen LogP contribution in [0.5, 0.6) is 0 Å². The predicted octanol–water partition coefficient (Wildman–Crippen LogP) is 3.12. The molecule has 1 heterocycles. The van der Waals surface area contributed by atoms with Crippen molar-refractivity contribution in [2.24, 2.45) is 5.92 Å². The molecule has 0 aromatic heterocycles. The minimum atomic E-state index is 0.0349. The number of hydrogen-bond donors (Lipinski definition) is 0. The second-order valence-corrected chi connectivity index (χ2v) is 4.24. The van der Waals surface area contributed by atoms with Crippen molar-refractivity contribution in [2.45, 2.75) is 65.5 Å². The van der Waals surface area contributed by atoms with Crippen LogP contribution >= 0.6 is 0 Å². The van der Waals surface area contributed by atoms with E-state index >= 15 is 0 Å². The largest absolute Gasteiger partial charge is 0.456 e. The van der Waals surface area contributed by atoms with E-state index in [1.165, 1.54) is 6.42 Å². The van der Waals surface area contributed by atoms with Crippen LogP contribution in [-0.2, 0) is 9.31 Å². The summed E-state index contributed by atoms with van der Waals surface area (Å²) in [6, 6.07) is 0. The summed E-state index contributed by atoms with van der Waals surface area (Å²) in [6.45, 7) is 8.78. The number of rotatable bonds is 4. The van der Waals surface area contributed by atoms with Crippen molar-refractivity contribution >= 4 is 7.12 Å². The molecule has 1 fully saturated rings. The summed E-state index contributed by atoms with van der Waals surface area (Å²) in [5, 5.41) is 0. The molecule has 3 unspecified atom stereocenters. The predicted molar refractivity (Wildman–Crippen MR) is 60.3 cm³/mol. The van der Waals surface area contributed by atoms with Crippen molar-refractivity contribution in [3.05, 3.63) is 0 Å². The molecule has 82 valence electrons. The van der Waals surface area contributed by atoms with Crippen molar-refractivity contribution in [1.29, 1.82) is 0 Å². The monoisotopic (exact) mass is 198 g/mol. The summed E-state index contributed by atoms with van der Waals surface area (Å²) in [7, 11) is 0.0349. The van der Waals surface area contributed by atoms with Gasteiger partial charge in [0, 0.05) is 18.1 Å². The molecule has 0 N–H and O–H groups in total. The van der Waals surface area contributed by atoms with E-state index in [1.807, 2.05) is 0 Å². The highest BCUT2D eigenvalue weighted by Gasteiger charge is 2.36. The van der Waals surface area contributed by atoms with Gasteiger partial charge in [0.15, 0.2) is 0 Å². The minimum absolute atomic E-state index is 0.0349. The van der Waals surface area contributed by atoms with E-state index in [2.05, 4.69) is 27.7 Å². The summed E-state index contributed by atoms with van der Waals surface area (Å²) in [6.07, 6.45) is 5.22. The summed E-state index contributed by atoms with van der Waals surface area (Å²) < 4.78 is 11.7. The van der Waals surface area contributed by atoms with Gasteiger partial charge in [0.2, 0.25) is 0 Å². The quantitative estimate of drug-likeness (QED) is 0.646. The molecule has 0 saturated carbocycles. The Morgan fingerprint density at radius 2 is 1.71 bits per heavy atom. The first kappa shape index (κ1) is 12.1. The first-order chi connectivity index (χ1) is 6.72. The normalized spacial score (nSPS) is 33.4. The van der Waals surface area contributed by atoms with Crippen LogP contribution in [0.4, 0.5) is 0 Å². The lowest BCUT2D eigenvalue weighted by atomic mass is 9.78. The van der Waals surface area contributed by atoms with Crippen LogP contribution < -0.4 is 0 Å². The first-order valence-electron chi connectivity index (χ1n) is 6.03. The Balaban J connectivity index is 2.55. The Labute approximate surface area is 88.5 Å². The lowest BCUT2D eigenvalue weighted by Gasteiger charge is -2.39. The average Bonchev–Trinajstić information content (AvgIpc) is 2.21. The van der Waals surface area contributed by atoms with Crippen LogP contribution in [0.2, 0.25) is 6.32 Å². The van der Waals surface area contributed by atoms with Gasteiger partial charge in [-0.05, 0) is 19.2 Å². The first-order valence-corrected chi connectivity index (χ1v) is 6.03. The van der Waals surface area contributed by atoms with Gasteiger partial charge in [-0.15, -0.1) is 0 Å². The fourth-order valence-corrected chi connectivity index (χ4v) is 2.19. The maximum Gasteiger partial charge on any atom is 0.456 e. The lowest BCUT2D eigenvalue weighted by Crippen LogP contribution is -2.46. The van der Waals surface area contributed by atoms with Crippen LogP contribution in [0.1, 0.15) is 47.0 Å². The Kier molecular flexibility index (Phi) is 4.97. The van der Waals surface area contributed by atoms with E-state index < -0.39 is 0 Å². The summed E-state index contributed by atoms with van der Waals surface area (Å²) in [5.74, 6) is 0.544. The zero-order valence-electron chi connectivity index (χ0n) is 9.95. The summed E-state index contributed by atoms with van der Waals surface area (Å²) in [5.41, 5.74) is 0. The van der Waals surface area contributed by atoms with E-state index in [0.717, 1.165) is 19.2 Å². The third kappa shape index (κ3) is 2.74. The smallest absolute Gasteiger partial charge is 0.408 e. The van der Waals surface area contributed by atoms with Crippen LogP contribution in [0.25, 0.3) is 0 Å². The molecular formula is C11H23BO2. The van der Waals surface area contributed by atoms with Gasteiger partial charge in [0.1, 0.15) is 0 Å². The molecule has 1 aliphatic rings. The van der Waals surface area contributed by atoms with Crippen molar-refractivity contribution in [1.82, 2.24) is 0 Å². The zero-order valence-corrected chi connectivity index (χ0v) is 9.95. The van der Waals surface area contributed by atoms with E-state index in [1.54, 1.807) is 0 Å². The van der Waals surface area contributed by atoms with Gasteiger partial charge < -0.3 is 9.31 Å². The Morgan fingerprint density at radius 1 is 1.07 bits per heavy atom. The molecule has 0 spiro atoms. The second kappa shape index (κ2) is 5.77. The molecule has 0 aromatic rings. The van der Waals surface area contributed by atoms with Crippen LogP contribution in [0.15, 0.2) is 0 Å². The van der Waals surface area contributed by atoms with Gasteiger partial charge in [0.05, 0.1) is 0 Å². The standard InChI is InChI=1S/C11H23BO2/c1-5-8-11-9(4)10(6-2)13-12(7-3)14-11/h9-11H,5-8H2,1-4H3. The van der Waals surface area contributed by atoms with E-state index in [0.29, 0.717) is 18.1 Å². The molecule has 0 aromatic carbocycles. The summed E-state index contributed by atoms with van der Waals surface area (Å²) >= 11 is 0. The highest BCUT2D eigenvalue weighted by molar-refractivity contribution is 6.44. The molecule has 0 radical (unpaired) electrons. The maximum absolute atomic E-state index is 5.90. The number of hydrogen-bond acceptors (Lipinski definition) is 2. The fraction of sp³-hybridized carbons (Fsp3) is 1.00. The molecule has 3 atom stereocenters. The Morgan fingerprint density at radius 3 is 2.21 bits per heavy atom. The molecule has 1 saturated heterocycles. The molecule has 0 bridgehead atoms.